The van der Waals surface area contributed by atoms with Gasteiger partial charge in [-0.3, -0.25) is 0 Å². The molecule has 0 saturated carbocycles. The van der Waals surface area contributed by atoms with Gasteiger partial charge in [0.2, 0.25) is 0 Å². The molecule has 65 heavy (non-hydrogen) atoms. The second-order valence-electron chi connectivity index (χ2n) is 14.1. The third kappa shape index (κ3) is 5.57. The number of nitrogens with zero attached hydrogens (tertiary/aromatic N) is 3. The van der Waals surface area contributed by atoms with Crippen molar-refractivity contribution in [3.8, 4) is 17.1 Å². The van der Waals surface area contributed by atoms with Crippen molar-refractivity contribution in [2.45, 2.75) is 0 Å². The molecule has 4 nitrogen and oxygen atoms in total. The minimum absolute atomic E-state index is 0.430. The van der Waals surface area contributed by atoms with Gasteiger partial charge in [0.15, 0.2) is 0 Å². The van der Waals surface area contributed by atoms with E-state index in [1.54, 1.807) is 0 Å². The third-order valence-corrected chi connectivity index (χ3v) is 19.2. The summed E-state index contributed by atoms with van der Waals surface area (Å²) in [5.74, 6) is 0. The summed E-state index contributed by atoms with van der Waals surface area (Å²) in [7, 11) is 0. The van der Waals surface area contributed by atoms with Crippen LogP contribution in [0.5, 0.6) is 0 Å². The zero-order valence-corrected chi connectivity index (χ0v) is 34.5. The van der Waals surface area contributed by atoms with Gasteiger partial charge in [-0.15, -0.1) is 0 Å². The van der Waals surface area contributed by atoms with Gasteiger partial charge in [0.1, 0.15) is 0 Å². The Balaban J connectivity index is 1.45. The fourth-order valence-electron chi connectivity index (χ4n) is 8.20. The molecule has 0 amide bonds. The number of para-hydroxylation sites is 4. The van der Waals surface area contributed by atoms with Gasteiger partial charge in [0, 0.05) is 0 Å². The predicted molar refractivity (Wildman–Crippen MR) is 277 cm³/mol. The number of nitrogen functional groups attached to an aromatic ring is 1. The van der Waals surface area contributed by atoms with Gasteiger partial charge in [-0.1, -0.05) is 12.1 Å². The summed E-state index contributed by atoms with van der Waals surface area (Å²) < 4.78 is 377. The molecule has 0 saturated heterocycles. The molecule has 13 aromatic rings. The van der Waals surface area contributed by atoms with E-state index in [1.165, 1.54) is 0 Å². The van der Waals surface area contributed by atoms with Gasteiger partial charge in [-0.25, -0.2) is 0 Å². The Bertz CT molecular complexity index is 5960. The van der Waals surface area contributed by atoms with Crippen LogP contribution in [0.4, 0.5) is 5.69 Å². The molecule has 0 aliphatic rings. The minimum atomic E-state index is -7.98. The molecule has 306 valence electrons. The van der Waals surface area contributed by atoms with Gasteiger partial charge in [-0.05, 0) is 0 Å². The van der Waals surface area contributed by atoms with E-state index in [-0.39, 0.29) is 0 Å². The SMILES string of the molecule is [2H]c1c([2H])c([2H])[c]([Ge]([c]2c([2H])c([2H])c([2H])c([2H])c2[2H])([c]2c([2H])c([2H])c([2H])c([2H])c2[2H])[c]2c([2H])c([2H])c(-n3c4c([2H])c([2H])c([2H])c([2H])c4c4c([2H])c(N)c([2H])c([2H])c43)c(-n3c4c([2H])c([2H])c([2H])c([2H])c4c4c([2H])c(-n5c6c([2H])c([2H])c([2H])c([2H])c6c6c([2H])c([2H])c([2H])c([2H])c65)c([2H])c([2H])c43)c2[2H])c([2H])c1[2H]. The molecule has 0 aliphatic carbocycles. The van der Waals surface area contributed by atoms with E-state index in [4.69, 9.17) is 22.2 Å². The summed E-state index contributed by atoms with van der Waals surface area (Å²) in [6.45, 7) is 0. The number of benzene rings is 10. The Labute approximate surface area is 435 Å². The summed E-state index contributed by atoms with van der Waals surface area (Å²) in [5.41, 5.74) is -3.91. The van der Waals surface area contributed by atoms with E-state index in [1.807, 2.05) is 0 Å². The van der Waals surface area contributed by atoms with Crippen LogP contribution < -0.4 is 23.3 Å². The number of hydrogen-bond donors (Lipinski definition) is 1. The topological polar surface area (TPSA) is 40.8 Å². The zero-order chi connectivity index (χ0) is 77.9. The van der Waals surface area contributed by atoms with E-state index < -0.39 is 361 Å². The molecule has 0 unspecified atom stereocenters. The molecule has 10 aromatic carbocycles. The van der Waals surface area contributed by atoms with Crippen LogP contribution in [-0.2, 0) is 0 Å². The van der Waals surface area contributed by atoms with Crippen molar-refractivity contribution >= 4 is 102 Å². The molecule has 13 rings (SSSR count). The first-order valence-corrected chi connectivity index (χ1v) is 23.2. The van der Waals surface area contributed by atoms with Crippen LogP contribution in [-0.4, -0.2) is 27.0 Å². The number of aromatic nitrogens is 3. The van der Waals surface area contributed by atoms with Gasteiger partial charge in [0.05, 0.1) is 8.22 Å². The Morgan fingerprint density at radius 1 is 0.292 bits per heavy atom. The van der Waals surface area contributed by atoms with Crippen LogP contribution in [0.1, 0.15) is 54.8 Å². The predicted octanol–water partition coefficient (Wildman–Crippen LogP) is 11.9. The normalized spacial score (nSPS) is 20.7. The van der Waals surface area contributed by atoms with Crippen molar-refractivity contribution in [3.05, 3.63) is 242 Å². The van der Waals surface area contributed by atoms with Crippen LogP contribution in [0.25, 0.3) is 82.5 Å². The second kappa shape index (κ2) is 14.8. The van der Waals surface area contributed by atoms with E-state index in [0.717, 1.165) is 0 Å². The van der Waals surface area contributed by atoms with E-state index >= 15 is 0 Å². The number of nitrogens with two attached hydrogens (primary N) is 1. The summed E-state index contributed by atoms with van der Waals surface area (Å²) in [4.78, 5) is 0. The fraction of sp³-hybridized carbons (Fsp3) is 0. The molecule has 0 fully saturated rings. The van der Waals surface area contributed by atoms with Crippen LogP contribution in [0.3, 0.4) is 0 Å². The maximum absolute atomic E-state index is 11.3. The van der Waals surface area contributed by atoms with Crippen LogP contribution in [0.15, 0.2) is 242 Å². The number of rotatable bonds is 7. The molecule has 3 aromatic heterocycles. The first kappa shape index (κ1) is 15.0. The molecular formula is C60H42GeN4. The van der Waals surface area contributed by atoms with Crippen LogP contribution in [0.2, 0.25) is 0 Å². The van der Waals surface area contributed by atoms with Crippen molar-refractivity contribution in [3.63, 3.8) is 0 Å². The first-order chi connectivity index (χ1) is 48.8. The van der Waals surface area contributed by atoms with Gasteiger partial charge >= 0.3 is 415 Å². The monoisotopic (exact) mass is 933 g/mol. The standard InChI is InChI=1S/C60H42GeN4/c62-45-33-36-57-51(39-45)49-26-12-16-30-55(49)64(57)59-35-32-44(61(41-18-4-1-5-19-41,42-20-6-2-7-21-42)43-22-8-3-9-23-43)38-60(59)65-56-31-17-13-27-50(56)52-40-46(34-37-58(52)65)63-53-28-14-10-24-47(53)48-25-11-15-29-54(48)63/h1-40H,62H2/i1D,2D,3D,4D,5D,6D,7D,8D,9D,10D,11D,12D,13D,14D,15D,16D,17D,18D,19D,20D,21D,22D,23D,24D,25D,26D,27D,28D,29D,30D,31D,32D,33D,34D,35D,36D,37D,38D,39D,40D. The van der Waals surface area contributed by atoms with E-state index in [2.05, 4.69) is 0 Å². The Hall–Kier alpha value is -8.06. The van der Waals surface area contributed by atoms with Gasteiger partial charge in [0.25, 0.3) is 0 Å². The summed E-state index contributed by atoms with van der Waals surface area (Å²) in [6.07, 6.45) is 0. The summed E-state index contributed by atoms with van der Waals surface area (Å²) in [6, 6.07) is -49.6. The van der Waals surface area contributed by atoms with Gasteiger partial charge in [-0.2, -0.15) is 0 Å². The quantitative estimate of drug-likeness (QED) is 0.126. The molecule has 5 heteroatoms. The van der Waals surface area contributed by atoms with Crippen molar-refractivity contribution in [1.82, 2.24) is 13.7 Å². The Morgan fingerprint density at radius 2 is 0.677 bits per heavy atom. The number of hydrogen-bond acceptors (Lipinski definition) is 1. The van der Waals surface area contributed by atoms with Crippen LogP contribution in [0, 0.1) is 0 Å². The molecule has 0 spiro atoms. The third-order valence-electron chi connectivity index (χ3n) is 10.8. The molecule has 0 aliphatic heterocycles. The molecule has 2 N–H and O–H groups in total. The van der Waals surface area contributed by atoms with E-state index in [9.17, 15) is 38.4 Å². The fourth-order valence-corrected chi connectivity index (χ4v) is 15.7. The average Bonchev–Trinajstić information content (AvgIpc) is 1.65. The van der Waals surface area contributed by atoms with Crippen molar-refractivity contribution in [1.29, 1.82) is 0 Å². The van der Waals surface area contributed by atoms with Crippen molar-refractivity contribution < 1.29 is 54.8 Å². The molecule has 0 bridgehead atoms. The van der Waals surface area contributed by atoms with Gasteiger partial charge < -0.3 is 0 Å². The number of fused-ring (bicyclic) bond motifs is 9. The maximum atomic E-state index is 11.3. The van der Waals surface area contributed by atoms with Crippen LogP contribution >= 0.6 is 0 Å². The number of anilines is 1. The van der Waals surface area contributed by atoms with Crippen molar-refractivity contribution in [2.24, 2.45) is 0 Å². The summed E-state index contributed by atoms with van der Waals surface area (Å²) in [5, 5.41) is -4.74. The molecule has 3 heterocycles. The Morgan fingerprint density at radius 3 is 1.18 bits per heavy atom. The van der Waals surface area contributed by atoms with Crippen molar-refractivity contribution in [2.75, 3.05) is 5.73 Å². The second-order valence-corrected chi connectivity index (χ2v) is 21.4. The average molecular weight is 932 g/mol. The zero-order valence-electron chi connectivity index (χ0n) is 72.4. The first-order valence-electron chi connectivity index (χ1n) is 39.1. The molecular weight excluding hydrogens is 849 g/mol. The molecule has 0 radical (unpaired) electrons. The van der Waals surface area contributed by atoms with E-state index in [0.29, 0.717) is 13.7 Å². The Kier molecular flexibility index (Phi) is 3.41. The molecule has 0 atom stereocenters. The summed E-state index contributed by atoms with van der Waals surface area (Å²) >= 11 is -7.98.